The molecule has 1 unspecified atom stereocenters. The second kappa shape index (κ2) is 4.81. The number of amides is 1. The number of carbonyl (C=O) groups is 1. The van der Waals surface area contributed by atoms with Gasteiger partial charge in [-0.1, -0.05) is 35.8 Å². The predicted octanol–water partition coefficient (Wildman–Crippen LogP) is 3.76. The molecule has 17 heavy (non-hydrogen) atoms. The van der Waals surface area contributed by atoms with E-state index in [0.29, 0.717) is 11.5 Å². The Kier molecular flexibility index (Phi) is 3.57. The highest BCUT2D eigenvalue weighted by Crippen LogP contribution is 2.36. The summed E-state index contributed by atoms with van der Waals surface area (Å²) in [6.07, 6.45) is 3.36. The SMILES string of the molecule is CC1(C)CCC(NC(=O)c2cccc(Br)c2)C1. The Morgan fingerprint density at radius 2 is 2.24 bits per heavy atom. The fourth-order valence-electron chi connectivity index (χ4n) is 2.46. The lowest BCUT2D eigenvalue weighted by atomic mass is 9.92. The van der Waals surface area contributed by atoms with Crippen LogP contribution in [-0.4, -0.2) is 11.9 Å². The summed E-state index contributed by atoms with van der Waals surface area (Å²) >= 11 is 3.38. The third-order valence-corrected chi connectivity index (χ3v) is 3.88. The average molecular weight is 296 g/mol. The molecule has 1 saturated carbocycles. The normalized spacial score (nSPS) is 22.4. The van der Waals surface area contributed by atoms with Crippen molar-refractivity contribution in [1.29, 1.82) is 0 Å². The number of hydrogen-bond donors (Lipinski definition) is 1. The van der Waals surface area contributed by atoms with Crippen molar-refractivity contribution in [1.82, 2.24) is 5.32 Å². The molecule has 0 radical (unpaired) electrons. The smallest absolute Gasteiger partial charge is 0.251 e. The molecule has 0 bridgehead atoms. The first kappa shape index (κ1) is 12.6. The van der Waals surface area contributed by atoms with Gasteiger partial charge in [-0.25, -0.2) is 0 Å². The Bertz CT molecular complexity index is 428. The molecule has 0 aliphatic heterocycles. The van der Waals surface area contributed by atoms with Gasteiger partial charge >= 0.3 is 0 Å². The van der Waals surface area contributed by atoms with Crippen LogP contribution in [0, 0.1) is 5.41 Å². The minimum Gasteiger partial charge on any atom is -0.349 e. The van der Waals surface area contributed by atoms with Gasteiger partial charge in [0.15, 0.2) is 0 Å². The second-order valence-corrected chi connectivity index (χ2v) is 6.50. The fourth-order valence-corrected chi connectivity index (χ4v) is 2.86. The largest absolute Gasteiger partial charge is 0.349 e. The molecule has 0 spiro atoms. The molecule has 2 rings (SSSR count). The van der Waals surface area contributed by atoms with Crippen molar-refractivity contribution in [3.05, 3.63) is 34.3 Å². The predicted molar refractivity (Wildman–Crippen MR) is 73.0 cm³/mol. The monoisotopic (exact) mass is 295 g/mol. The summed E-state index contributed by atoms with van der Waals surface area (Å²) in [5, 5.41) is 3.12. The van der Waals surface area contributed by atoms with Crippen molar-refractivity contribution in [2.24, 2.45) is 5.41 Å². The van der Waals surface area contributed by atoms with Gasteiger partial charge in [0.05, 0.1) is 0 Å². The molecule has 1 aliphatic carbocycles. The fraction of sp³-hybridized carbons (Fsp3) is 0.500. The van der Waals surface area contributed by atoms with E-state index >= 15 is 0 Å². The molecule has 3 heteroatoms. The van der Waals surface area contributed by atoms with E-state index in [-0.39, 0.29) is 5.91 Å². The lowest BCUT2D eigenvalue weighted by Gasteiger charge is -2.17. The first-order valence-electron chi connectivity index (χ1n) is 6.03. The number of benzene rings is 1. The Balaban J connectivity index is 1.98. The molecule has 0 heterocycles. The van der Waals surface area contributed by atoms with Crippen molar-refractivity contribution < 1.29 is 4.79 Å². The number of halogens is 1. The van der Waals surface area contributed by atoms with Gasteiger partial charge in [-0.3, -0.25) is 4.79 Å². The highest BCUT2D eigenvalue weighted by atomic mass is 79.9. The van der Waals surface area contributed by atoms with Crippen LogP contribution >= 0.6 is 15.9 Å². The van der Waals surface area contributed by atoms with Gasteiger partial charge in [0, 0.05) is 16.1 Å². The first-order chi connectivity index (χ1) is 7.96. The van der Waals surface area contributed by atoms with E-state index in [9.17, 15) is 4.79 Å². The van der Waals surface area contributed by atoms with Gasteiger partial charge in [-0.15, -0.1) is 0 Å². The molecule has 0 aromatic heterocycles. The minimum atomic E-state index is 0.0361. The molecule has 0 saturated heterocycles. The average Bonchev–Trinajstić information content (AvgIpc) is 2.58. The van der Waals surface area contributed by atoms with E-state index in [4.69, 9.17) is 0 Å². The molecular weight excluding hydrogens is 278 g/mol. The van der Waals surface area contributed by atoms with Gasteiger partial charge < -0.3 is 5.32 Å². The maximum atomic E-state index is 12.0. The van der Waals surface area contributed by atoms with Crippen molar-refractivity contribution in [2.75, 3.05) is 0 Å². The van der Waals surface area contributed by atoms with Gasteiger partial charge in [0.1, 0.15) is 0 Å². The summed E-state index contributed by atoms with van der Waals surface area (Å²) in [4.78, 5) is 12.0. The molecule has 1 aromatic carbocycles. The summed E-state index contributed by atoms with van der Waals surface area (Å²) in [5.41, 5.74) is 1.10. The van der Waals surface area contributed by atoms with Crippen LogP contribution in [0.5, 0.6) is 0 Å². The zero-order valence-corrected chi connectivity index (χ0v) is 11.9. The molecule has 1 aromatic rings. The van der Waals surface area contributed by atoms with Gasteiger partial charge in [0.2, 0.25) is 0 Å². The number of nitrogens with one attached hydrogen (secondary N) is 1. The van der Waals surface area contributed by atoms with Crippen LogP contribution in [0.4, 0.5) is 0 Å². The highest BCUT2D eigenvalue weighted by Gasteiger charge is 2.31. The van der Waals surface area contributed by atoms with Crippen LogP contribution in [0.15, 0.2) is 28.7 Å². The van der Waals surface area contributed by atoms with E-state index in [2.05, 4.69) is 35.1 Å². The van der Waals surface area contributed by atoms with Crippen molar-refractivity contribution >= 4 is 21.8 Å². The molecule has 1 atom stereocenters. The Labute approximate surface area is 111 Å². The summed E-state index contributed by atoms with van der Waals surface area (Å²) in [7, 11) is 0. The molecule has 1 N–H and O–H groups in total. The number of hydrogen-bond acceptors (Lipinski definition) is 1. The van der Waals surface area contributed by atoms with Crippen molar-refractivity contribution in [3.63, 3.8) is 0 Å². The zero-order valence-electron chi connectivity index (χ0n) is 10.3. The molecule has 92 valence electrons. The summed E-state index contributed by atoms with van der Waals surface area (Å²) < 4.78 is 0.942. The Hall–Kier alpha value is -0.830. The third kappa shape index (κ3) is 3.32. The van der Waals surface area contributed by atoms with Crippen LogP contribution in [0.3, 0.4) is 0 Å². The molecule has 1 amide bonds. The zero-order chi connectivity index (χ0) is 12.5. The maximum Gasteiger partial charge on any atom is 0.251 e. The summed E-state index contributed by atoms with van der Waals surface area (Å²) in [6, 6.07) is 7.85. The van der Waals surface area contributed by atoms with E-state index in [1.165, 1.54) is 6.42 Å². The van der Waals surface area contributed by atoms with Gasteiger partial charge in [0.25, 0.3) is 5.91 Å². The van der Waals surface area contributed by atoms with Gasteiger partial charge in [-0.05, 0) is 42.9 Å². The van der Waals surface area contributed by atoms with Crippen molar-refractivity contribution in [2.45, 2.75) is 39.2 Å². The molecule has 1 fully saturated rings. The van der Waals surface area contributed by atoms with Crippen LogP contribution < -0.4 is 5.32 Å². The molecule has 1 aliphatic rings. The van der Waals surface area contributed by atoms with Gasteiger partial charge in [-0.2, -0.15) is 0 Å². The first-order valence-corrected chi connectivity index (χ1v) is 6.82. The topological polar surface area (TPSA) is 29.1 Å². The second-order valence-electron chi connectivity index (χ2n) is 5.59. The lowest BCUT2D eigenvalue weighted by Crippen LogP contribution is -2.33. The molecular formula is C14H18BrNO. The Morgan fingerprint density at radius 3 is 2.82 bits per heavy atom. The maximum absolute atomic E-state index is 12.0. The van der Waals surface area contributed by atoms with Crippen LogP contribution in [0.25, 0.3) is 0 Å². The van der Waals surface area contributed by atoms with Crippen LogP contribution in [-0.2, 0) is 0 Å². The lowest BCUT2D eigenvalue weighted by molar-refractivity contribution is 0.0936. The van der Waals surface area contributed by atoms with E-state index in [0.717, 1.165) is 22.9 Å². The van der Waals surface area contributed by atoms with Crippen molar-refractivity contribution in [3.8, 4) is 0 Å². The molecule has 2 nitrogen and oxygen atoms in total. The van der Waals surface area contributed by atoms with E-state index < -0.39 is 0 Å². The highest BCUT2D eigenvalue weighted by molar-refractivity contribution is 9.10. The third-order valence-electron chi connectivity index (χ3n) is 3.39. The Morgan fingerprint density at radius 1 is 1.47 bits per heavy atom. The number of carbonyl (C=O) groups excluding carboxylic acids is 1. The van der Waals surface area contributed by atoms with Crippen LogP contribution in [0.2, 0.25) is 0 Å². The quantitative estimate of drug-likeness (QED) is 0.884. The summed E-state index contributed by atoms with van der Waals surface area (Å²) in [5.74, 6) is 0.0361. The number of rotatable bonds is 2. The van der Waals surface area contributed by atoms with E-state index in [1.807, 2.05) is 24.3 Å². The standard InChI is InChI=1S/C14H18BrNO/c1-14(2)7-6-12(9-14)16-13(17)10-4-3-5-11(15)8-10/h3-5,8,12H,6-7,9H2,1-2H3,(H,16,17). The summed E-state index contributed by atoms with van der Waals surface area (Å²) in [6.45, 7) is 4.52. The van der Waals surface area contributed by atoms with E-state index in [1.54, 1.807) is 0 Å². The van der Waals surface area contributed by atoms with Crippen LogP contribution in [0.1, 0.15) is 43.5 Å². The minimum absolute atomic E-state index is 0.0361.